The highest BCUT2D eigenvalue weighted by atomic mass is 79.9. The first-order valence-electron chi connectivity index (χ1n) is 3.60. The monoisotopic (exact) mass is 200 g/mol. The van der Waals surface area contributed by atoms with E-state index >= 15 is 0 Å². The quantitative estimate of drug-likeness (QED) is 0.679. The van der Waals surface area contributed by atoms with Crippen LogP contribution in [-0.4, -0.2) is 0 Å². The molecule has 0 radical (unpaired) electrons. The van der Waals surface area contributed by atoms with Crippen molar-refractivity contribution in [1.82, 2.24) is 0 Å². The number of hydrogen-bond donors (Lipinski definition) is 0. The summed E-state index contributed by atoms with van der Waals surface area (Å²) in [7, 11) is 0. The van der Waals surface area contributed by atoms with Crippen LogP contribution in [0.25, 0.3) is 0 Å². The molecule has 1 heterocycles. The number of hydrogen-bond acceptors (Lipinski definition) is 1. The summed E-state index contributed by atoms with van der Waals surface area (Å²) in [6.45, 7) is 0. The van der Waals surface area contributed by atoms with Crippen LogP contribution >= 0.6 is 15.9 Å². The largest absolute Gasteiger partial charge is 0.457 e. The van der Waals surface area contributed by atoms with Gasteiger partial charge in [-0.3, -0.25) is 0 Å². The Bertz CT molecular complexity index is 225. The maximum atomic E-state index is 5.14. The summed E-state index contributed by atoms with van der Waals surface area (Å²) in [5.41, 5.74) is 1.36. The Morgan fingerprint density at radius 3 is 2.70 bits per heavy atom. The Morgan fingerprint density at radius 1 is 1.50 bits per heavy atom. The lowest BCUT2D eigenvalue weighted by Gasteiger charge is -2.23. The zero-order chi connectivity index (χ0) is 6.97. The molecule has 1 aromatic heterocycles. The van der Waals surface area contributed by atoms with E-state index in [4.69, 9.17) is 4.42 Å². The molecule has 1 saturated carbocycles. The van der Waals surface area contributed by atoms with Crippen LogP contribution in [0.5, 0.6) is 0 Å². The van der Waals surface area contributed by atoms with Crippen molar-refractivity contribution in [1.29, 1.82) is 0 Å². The van der Waals surface area contributed by atoms with Crippen molar-refractivity contribution in [3.8, 4) is 0 Å². The average molecular weight is 201 g/mol. The molecule has 2 rings (SSSR count). The van der Waals surface area contributed by atoms with Crippen LogP contribution in [0.4, 0.5) is 0 Å². The van der Waals surface area contributed by atoms with E-state index in [1.807, 2.05) is 6.26 Å². The van der Waals surface area contributed by atoms with Gasteiger partial charge in [-0.2, -0.15) is 0 Å². The van der Waals surface area contributed by atoms with E-state index < -0.39 is 0 Å². The third-order valence-corrected chi connectivity index (χ3v) is 2.58. The highest BCUT2D eigenvalue weighted by Gasteiger charge is 2.20. The first-order chi connectivity index (χ1) is 4.86. The van der Waals surface area contributed by atoms with Gasteiger partial charge < -0.3 is 4.42 Å². The molecule has 1 aliphatic rings. The highest BCUT2D eigenvalue weighted by molar-refractivity contribution is 9.10. The zero-order valence-electron chi connectivity index (χ0n) is 5.64. The molecule has 1 aromatic rings. The van der Waals surface area contributed by atoms with Crippen LogP contribution in [0, 0.1) is 0 Å². The Kier molecular flexibility index (Phi) is 1.57. The van der Waals surface area contributed by atoms with Crippen LogP contribution in [0.2, 0.25) is 0 Å². The molecule has 0 atom stereocenters. The van der Waals surface area contributed by atoms with E-state index in [0.717, 1.165) is 10.6 Å². The highest BCUT2D eigenvalue weighted by Crippen LogP contribution is 2.37. The molecule has 0 N–H and O–H groups in total. The maximum absolute atomic E-state index is 5.14. The SMILES string of the molecule is Brc1cc(C2CCC2)co1. The van der Waals surface area contributed by atoms with Gasteiger partial charge in [0.1, 0.15) is 0 Å². The van der Waals surface area contributed by atoms with Crippen molar-refractivity contribution >= 4 is 15.9 Å². The summed E-state index contributed by atoms with van der Waals surface area (Å²) in [6, 6.07) is 2.07. The topological polar surface area (TPSA) is 13.1 Å². The number of furan rings is 1. The fraction of sp³-hybridized carbons (Fsp3) is 0.500. The van der Waals surface area contributed by atoms with Crippen molar-refractivity contribution in [3.63, 3.8) is 0 Å². The molecule has 0 saturated heterocycles. The molecule has 0 unspecified atom stereocenters. The Labute approximate surface area is 68.5 Å². The van der Waals surface area contributed by atoms with Gasteiger partial charge in [-0.25, -0.2) is 0 Å². The first kappa shape index (κ1) is 6.47. The predicted molar refractivity (Wildman–Crippen MR) is 43.0 cm³/mol. The van der Waals surface area contributed by atoms with Crippen LogP contribution in [0.1, 0.15) is 30.7 Å². The minimum Gasteiger partial charge on any atom is -0.457 e. The standard InChI is InChI=1S/C8H9BrO/c9-8-4-7(5-10-8)6-2-1-3-6/h4-6H,1-3H2. The van der Waals surface area contributed by atoms with Crippen molar-refractivity contribution < 1.29 is 4.42 Å². The average Bonchev–Trinajstić information content (AvgIpc) is 2.10. The van der Waals surface area contributed by atoms with E-state index in [1.54, 1.807) is 0 Å². The van der Waals surface area contributed by atoms with Gasteiger partial charge in [-0.05, 0) is 46.3 Å². The second-order valence-corrected chi connectivity index (χ2v) is 3.59. The minimum atomic E-state index is 0.787. The molecular weight excluding hydrogens is 192 g/mol. The fourth-order valence-electron chi connectivity index (χ4n) is 1.28. The number of halogens is 1. The third-order valence-electron chi connectivity index (χ3n) is 2.16. The maximum Gasteiger partial charge on any atom is 0.169 e. The van der Waals surface area contributed by atoms with Crippen molar-refractivity contribution in [3.05, 3.63) is 22.6 Å². The summed E-state index contributed by atoms with van der Waals surface area (Å²) in [5.74, 6) is 0.787. The zero-order valence-corrected chi connectivity index (χ0v) is 7.23. The summed E-state index contributed by atoms with van der Waals surface area (Å²) < 4.78 is 5.99. The van der Waals surface area contributed by atoms with Crippen molar-refractivity contribution in [2.75, 3.05) is 0 Å². The van der Waals surface area contributed by atoms with E-state index in [9.17, 15) is 0 Å². The second kappa shape index (κ2) is 2.42. The van der Waals surface area contributed by atoms with Crippen molar-refractivity contribution in [2.45, 2.75) is 25.2 Å². The van der Waals surface area contributed by atoms with Gasteiger partial charge in [-0.15, -0.1) is 0 Å². The summed E-state index contributed by atoms with van der Waals surface area (Å²) >= 11 is 3.29. The van der Waals surface area contributed by atoms with Crippen LogP contribution < -0.4 is 0 Å². The van der Waals surface area contributed by atoms with E-state index in [-0.39, 0.29) is 0 Å². The van der Waals surface area contributed by atoms with E-state index in [0.29, 0.717) is 0 Å². The first-order valence-corrected chi connectivity index (χ1v) is 4.39. The lowest BCUT2D eigenvalue weighted by molar-refractivity contribution is 0.414. The van der Waals surface area contributed by atoms with Gasteiger partial charge in [0.2, 0.25) is 0 Å². The molecule has 0 aliphatic heterocycles. The molecule has 0 amide bonds. The summed E-state index contributed by atoms with van der Waals surface area (Å²) in [5, 5.41) is 0. The van der Waals surface area contributed by atoms with Crippen LogP contribution in [0.15, 0.2) is 21.4 Å². The number of rotatable bonds is 1. The molecule has 0 aromatic carbocycles. The smallest absolute Gasteiger partial charge is 0.169 e. The molecule has 10 heavy (non-hydrogen) atoms. The molecule has 1 nitrogen and oxygen atoms in total. The van der Waals surface area contributed by atoms with Crippen LogP contribution in [-0.2, 0) is 0 Å². The summed E-state index contributed by atoms with van der Waals surface area (Å²) in [6.07, 6.45) is 5.92. The van der Waals surface area contributed by atoms with Gasteiger partial charge in [0.25, 0.3) is 0 Å². The second-order valence-electron chi connectivity index (χ2n) is 2.81. The summed E-state index contributed by atoms with van der Waals surface area (Å²) in [4.78, 5) is 0. The Hall–Kier alpha value is -0.240. The molecular formula is C8H9BrO. The van der Waals surface area contributed by atoms with Crippen LogP contribution in [0.3, 0.4) is 0 Å². The van der Waals surface area contributed by atoms with Crippen molar-refractivity contribution in [2.24, 2.45) is 0 Å². The Balaban J connectivity index is 2.17. The molecule has 1 aliphatic carbocycles. The molecule has 54 valence electrons. The van der Waals surface area contributed by atoms with Gasteiger partial charge in [0, 0.05) is 0 Å². The molecule has 1 fully saturated rings. The normalized spacial score (nSPS) is 18.9. The van der Waals surface area contributed by atoms with E-state index in [1.165, 1.54) is 24.8 Å². The molecule has 2 heteroatoms. The molecule has 0 spiro atoms. The fourth-order valence-corrected chi connectivity index (χ4v) is 1.64. The van der Waals surface area contributed by atoms with Gasteiger partial charge in [0.05, 0.1) is 6.26 Å². The van der Waals surface area contributed by atoms with Gasteiger partial charge in [0.15, 0.2) is 4.67 Å². The Morgan fingerprint density at radius 2 is 2.30 bits per heavy atom. The third kappa shape index (κ3) is 1.01. The van der Waals surface area contributed by atoms with Gasteiger partial charge in [-0.1, -0.05) is 6.42 Å². The molecule has 0 bridgehead atoms. The predicted octanol–water partition coefficient (Wildman–Crippen LogP) is 3.31. The van der Waals surface area contributed by atoms with Gasteiger partial charge >= 0.3 is 0 Å². The lowest BCUT2D eigenvalue weighted by atomic mass is 9.81. The van der Waals surface area contributed by atoms with E-state index in [2.05, 4.69) is 22.0 Å². The lowest BCUT2D eigenvalue weighted by Crippen LogP contribution is -2.06. The minimum absolute atomic E-state index is 0.787.